The fourth-order valence-corrected chi connectivity index (χ4v) is 1.59. The Balaban J connectivity index is 0.00000128. The van der Waals surface area contributed by atoms with Crippen molar-refractivity contribution in [3.8, 4) is 0 Å². The summed E-state index contributed by atoms with van der Waals surface area (Å²) in [7, 11) is 0. The van der Waals surface area contributed by atoms with Gasteiger partial charge in [0.15, 0.2) is 0 Å². The largest absolute Gasteiger partial charge is 0.513 e. The van der Waals surface area contributed by atoms with Crippen LogP contribution in [0.25, 0.3) is 17.1 Å². The fourth-order valence-electron chi connectivity index (χ4n) is 1.59. The number of H-pyrrole nitrogens is 1. The molecule has 0 unspecified atom stereocenters. The van der Waals surface area contributed by atoms with Crippen molar-refractivity contribution < 1.29 is 6.53 Å². The van der Waals surface area contributed by atoms with Crippen LogP contribution in [0, 0.1) is 0 Å². The maximum Gasteiger partial charge on any atom is 0.0898 e. The van der Waals surface area contributed by atoms with Crippen LogP contribution in [0.1, 0.15) is 26.5 Å². The summed E-state index contributed by atoms with van der Waals surface area (Å²) >= 11 is 0. The molecular formula is C12H16N2O. The van der Waals surface area contributed by atoms with E-state index in [0.717, 1.165) is 23.0 Å². The Hall–Kier alpha value is -1.77. The first-order valence-electron chi connectivity index (χ1n) is 5.04. The smallest absolute Gasteiger partial charge is 0.0898 e. The number of aryl methyl sites for hydroxylation is 1. The van der Waals surface area contributed by atoms with Crippen molar-refractivity contribution in [2.24, 2.45) is 0 Å². The molecule has 3 nitrogen and oxygen atoms in total. The van der Waals surface area contributed by atoms with Crippen molar-refractivity contribution in [3.63, 3.8) is 0 Å². The Labute approximate surface area is 90.0 Å². The second kappa shape index (κ2) is 3.77. The lowest BCUT2D eigenvalue weighted by Crippen LogP contribution is -1.80. The average molecular weight is 204 g/mol. The lowest BCUT2D eigenvalue weighted by atomic mass is 10.2. The Bertz CT molecular complexity index is 513. The van der Waals surface area contributed by atoms with Crippen molar-refractivity contribution in [1.29, 1.82) is 0 Å². The van der Waals surface area contributed by atoms with Crippen LogP contribution < -0.4 is 0 Å². The third kappa shape index (κ3) is 2.01. The highest BCUT2D eigenvalue weighted by molar-refractivity contribution is 5.78. The molecule has 2 heterocycles. The van der Waals surface area contributed by atoms with E-state index in [1.807, 2.05) is 6.07 Å². The number of aromatic nitrogens is 2. The highest BCUT2D eigenvalue weighted by atomic mass is 16.3. The van der Waals surface area contributed by atoms with Crippen LogP contribution in [0.4, 0.5) is 0 Å². The third-order valence-corrected chi connectivity index (χ3v) is 2.30. The molecule has 2 aromatic heterocycles. The van der Waals surface area contributed by atoms with Crippen LogP contribution in [-0.4, -0.2) is 15.1 Å². The fraction of sp³-hybridized carbons (Fsp3) is 0.250. The van der Waals surface area contributed by atoms with Gasteiger partial charge in [0, 0.05) is 13.3 Å². The van der Waals surface area contributed by atoms with E-state index in [1.165, 1.54) is 5.69 Å². The predicted octanol–water partition coefficient (Wildman–Crippen LogP) is 3.29. The molecule has 0 aliphatic carbocycles. The summed E-state index contributed by atoms with van der Waals surface area (Å²) in [6.45, 7) is 3.75. The monoisotopic (exact) mass is 204 g/mol. The van der Waals surface area contributed by atoms with Gasteiger partial charge < -0.3 is 10.1 Å². The number of rotatable bonds is 2. The van der Waals surface area contributed by atoms with Crippen LogP contribution in [-0.2, 0) is 6.42 Å². The minimum Gasteiger partial charge on any atom is -0.513 e. The van der Waals surface area contributed by atoms with E-state index in [4.69, 9.17) is 5.11 Å². The zero-order valence-electron chi connectivity index (χ0n) is 8.91. The first-order chi connectivity index (χ1) is 7.19. The lowest BCUT2D eigenvalue weighted by Gasteiger charge is -1.94. The maximum atomic E-state index is 9.15. The molecule has 2 N–H and O–H groups in total. The van der Waals surface area contributed by atoms with Crippen LogP contribution in [0.2, 0.25) is 0 Å². The van der Waals surface area contributed by atoms with Crippen molar-refractivity contribution in [2.45, 2.75) is 20.3 Å². The number of nitrogens with one attached hydrogen (secondary N) is 1. The zero-order chi connectivity index (χ0) is 10.8. The quantitative estimate of drug-likeness (QED) is 0.737. The summed E-state index contributed by atoms with van der Waals surface area (Å²) in [6.07, 6.45) is 4.43. The van der Waals surface area contributed by atoms with Gasteiger partial charge in [-0.1, -0.05) is 6.92 Å². The minimum atomic E-state index is 0. The van der Waals surface area contributed by atoms with Gasteiger partial charge in [0.2, 0.25) is 0 Å². The van der Waals surface area contributed by atoms with E-state index in [-0.39, 0.29) is 1.43 Å². The lowest BCUT2D eigenvalue weighted by molar-refractivity contribution is 0.420. The molecule has 2 rings (SSSR count). The van der Waals surface area contributed by atoms with Gasteiger partial charge in [-0.15, -0.1) is 0 Å². The summed E-state index contributed by atoms with van der Waals surface area (Å²) in [5.41, 5.74) is 4.08. The Morgan fingerprint density at radius 1 is 1.60 bits per heavy atom. The van der Waals surface area contributed by atoms with Gasteiger partial charge in [0.1, 0.15) is 0 Å². The van der Waals surface area contributed by atoms with E-state index in [9.17, 15) is 0 Å². The number of hydrogen-bond acceptors (Lipinski definition) is 2. The summed E-state index contributed by atoms with van der Waals surface area (Å²) < 4.78 is 0. The molecule has 3 heteroatoms. The first kappa shape index (κ1) is 9.77. The van der Waals surface area contributed by atoms with Gasteiger partial charge in [-0.3, -0.25) is 4.98 Å². The molecule has 0 fully saturated rings. The van der Waals surface area contributed by atoms with Crippen LogP contribution >= 0.6 is 0 Å². The first-order valence-corrected chi connectivity index (χ1v) is 5.04. The molecule has 0 radical (unpaired) electrons. The summed E-state index contributed by atoms with van der Waals surface area (Å²) in [6, 6.07) is 4.04. The van der Waals surface area contributed by atoms with E-state index in [2.05, 4.69) is 23.0 Å². The average Bonchev–Trinajstić information content (AvgIpc) is 2.58. The van der Waals surface area contributed by atoms with Gasteiger partial charge in [0.25, 0.3) is 0 Å². The molecule has 0 bridgehead atoms. The van der Waals surface area contributed by atoms with E-state index in [1.54, 1.807) is 19.2 Å². The summed E-state index contributed by atoms with van der Waals surface area (Å²) in [4.78, 5) is 7.60. The van der Waals surface area contributed by atoms with Crippen molar-refractivity contribution in [1.82, 2.24) is 9.97 Å². The van der Waals surface area contributed by atoms with Gasteiger partial charge in [-0.2, -0.15) is 0 Å². The molecule has 2 aromatic rings. The molecule has 0 saturated heterocycles. The molecular weight excluding hydrogens is 188 g/mol. The molecule has 0 saturated carbocycles. The number of aromatic amines is 1. The molecule has 0 aliphatic rings. The molecule has 0 aromatic carbocycles. The van der Waals surface area contributed by atoms with E-state index in [0.29, 0.717) is 5.76 Å². The molecule has 80 valence electrons. The van der Waals surface area contributed by atoms with Gasteiger partial charge in [-0.05, 0) is 37.1 Å². The van der Waals surface area contributed by atoms with E-state index >= 15 is 0 Å². The predicted molar refractivity (Wildman–Crippen MR) is 63.9 cm³/mol. The third-order valence-electron chi connectivity index (χ3n) is 2.30. The van der Waals surface area contributed by atoms with Gasteiger partial charge >= 0.3 is 0 Å². The molecule has 0 spiro atoms. The normalized spacial score (nSPS) is 12.3. The Morgan fingerprint density at radius 3 is 3.07 bits per heavy atom. The second-order valence-corrected chi connectivity index (χ2v) is 3.64. The summed E-state index contributed by atoms with van der Waals surface area (Å²) in [5.74, 6) is 0.290. The summed E-state index contributed by atoms with van der Waals surface area (Å²) in [5, 5.41) is 9.15. The molecule has 15 heavy (non-hydrogen) atoms. The van der Waals surface area contributed by atoms with Gasteiger partial charge in [-0.25, -0.2) is 0 Å². The van der Waals surface area contributed by atoms with Crippen LogP contribution in [0.15, 0.2) is 24.1 Å². The topological polar surface area (TPSA) is 48.9 Å². The van der Waals surface area contributed by atoms with Crippen molar-refractivity contribution >= 4 is 17.1 Å². The highest BCUT2D eigenvalue weighted by Gasteiger charge is 2.00. The highest BCUT2D eigenvalue weighted by Crippen LogP contribution is 2.16. The Kier molecular flexibility index (Phi) is 2.46. The minimum absolute atomic E-state index is 0. The number of nitrogens with zero attached hydrogens (tertiary/aromatic N) is 1. The van der Waals surface area contributed by atoms with Gasteiger partial charge in [0.05, 0.1) is 16.8 Å². The number of aliphatic hydroxyl groups excluding tert-OH is 1. The van der Waals surface area contributed by atoms with Crippen molar-refractivity contribution in [3.05, 3.63) is 35.3 Å². The van der Waals surface area contributed by atoms with Crippen LogP contribution in [0.3, 0.4) is 0 Å². The Morgan fingerprint density at radius 2 is 2.40 bits per heavy atom. The second-order valence-electron chi connectivity index (χ2n) is 3.64. The number of aliphatic hydroxyl groups is 1. The van der Waals surface area contributed by atoms with Crippen LogP contribution in [0.5, 0.6) is 0 Å². The zero-order valence-corrected chi connectivity index (χ0v) is 8.91. The maximum absolute atomic E-state index is 9.15. The molecule has 0 amide bonds. The van der Waals surface area contributed by atoms with E-state index < -0.39 is 0 Å². The number of pyridine rings is 1. The number of hydrogen-bond donors (Lipinski definition) is 2. The standard InChI is InChI=1S/C12H14N2O.H2/c1-3-10-6-11-12(14-10)5-9(7-13-11)4-8(2)15;/h4-7,14-15H,3H2,1-2H3;1H/b8-4-;. The van der Waals surface area contributed by atoms with Crippen molar-refractivity contribution in [2.75, 3.05) is 0 Å². The number of fused-ring (bicyclic) bond motifs is 1. The molecule has 0 atom stereocenters. The molecule has 0 aliphatic heterocycles. The number of allylic oxidation sites excluding steroid dienone is 1. The SMILES string of the molecule is CCc1cc2ncc(/C=C(/C)O)cc2[nH]1.[HH].